The smallest absolute Gasteiger partial charge is 0.255 e. The molecule has 0 radical (unpaired) electrons. The topological polar surface area (TPSA) is 203 Å². The van der Waals surface area contributed by atoms with E-state index in [1.54, 1.807) is 20.2 Å². The SMILES string of the molecule is CCCCNCC(=O)Nc1ccc2c(c1O)C(O)=C1C(=O)C3(O)C(O)=C(C(N)=O)C(=O)[C@@H](N(C)C)C3CC1C2.Cl. The molecule has 40 heavy (non-hydrogen) atoms. The minimum atomic E-state index is -2.70. The number of ketones is 2. The van der Waals surface area contributed by atoms with Gasteiger partial charge in [0.1, 0.15) is 22.8 Å². The summed E-state index contributed by atoms with van der Waals surface area (Å²) in [5, 5.41) is 50.3. The largest absolute Gasteiger partial charge is 0.508 e. The van der Waals surface area contributed by atoms with E-state index in [2.05, 4.69) is 10.6 Å². The van der Waals surface area contributed by atoms with Gasteiger partial charge in [0.2, 0.25) is 11.7 Å². The lowest BCUT2D eigenvalue weighted by Crippen LogP contribution is -2.65. The van der Waals surface area contributed by atoms with Crippen molar-refractivity contribution < 1.29 is 39.6 Å². The number of carbonyl (C=O) groups excluding carboxylic acids is 4. The molecule has 0 bridgehead atoms. The van der Waals surface area contributed by atoms with E-state index in [0.717, 1.165) is 12.8 Å². The van der Waals surface area contributed by atoms with Crippen LogP contribution >= 0.6 is 12.4 Å². The second-order valence-electron chi connectivity index (χ2n) is 10.5. The van der Waals surface area contributed by atoms with E-state index < -0.39 is 69.7 Å². The molecule has 8 N–H and O–H groups in total. The summed E-state index contributed by atoms with van der Waals surface area (Å²) in [6, 6.07) is 1.97. The molecule has 1 aromatic rings. The summed E-state index contributed by atoms with van der Waals surface area (Å²) in [5.74, 6) is -7.59. The fourth-order valence-electron chi connectivity index (χ4n) is 6.02. The van der Waals surface area contributed by atoms with Gasteiger partial charge in [-0.1, -0.05) is 19.4 Å². The van der Waals surface area contributed by atoms with Gasteiger partial charge in [-0.3, -0.25) is 24.1 Å². The highest BCUT2D eigenvalue weighted by Gasteiger charge is 2.64. The first kappa shape index (κ1) is 31.1. The number of aliphatic hydroxyl groups excluding tert-OH is 2. The van der Waals surface area contributed by atoms with Gasteiger partial charge in [-0.2, -0.15) is 0 Å². The number of Topliss-reactive ketones (excluding diaryl/α,β-unsaturated/α-hetero) is 2. The summed E-state index contributed by atoms with van der Waals surface area (Å²) in [4.78, 5) is 52.8. The molecular formula is C27H35ClN4O8. The van der Waals surface area contributed by atoms with Gasteiger partial charge in [-0.25, -0.2) is 0 Å². The predicted molar refractivity (Wildman–Crippen MR) is 148 cm³/mol. The monoisotopic (exact) mass is 578 g/mol. The summed E-state index contributed by atoms with van der Waals surface area (Å²) in [6.45, 7) is 2.69. The lowest BCUT2D eigenvalue weighted by Gasteiger charge is -2.50. The van der Waals surface area contributed by atoms with Gasteiger partial charge in [-0.15, -0.1) is 12.4 Å². The summed E-state index contributed by atoms with van der Waals surface area (Å²) in [6.07, 6.45) is 2.05. The Balaban J connectivity index is 0.00000441. The van der Waals surface area contributed by atoms with Gasteiger partial charge < -0.3 is 36.8 Å². The van der Waals surface area contributed by atoms with Crippen LogP contribution in [0.2, 0.25) is 0 Å². The first-order valence-corrected chi connectivity index (χ1v) is 12.9. The lowest BCUT2D eigenvalue weighted by atomic mass is 9.57. The van der Waals surface area contributed by atoms with E-state index in [9.17, 15) is 39.6 Å². The van der Waals surface area contributed by atoms with Crippen LogP contribution < -0.4 is 16.4 Å². The molecule has 0 spiro atoms. The van der Waals surface area contributed by atoms with Gasteiger partial charge in [-0.05, 0) is 57.5 Å². The van der Waals surface area contributed by atoms with Gasteiger partial charge in [0.25, 0.3) is 5.91 Å². The number of phenolic OH excluding ortho intramolecular Hbond substituents is 1. The van der Waals surface area contributed by atoms with E-state index in [0.29, 0.717) is 12.1 Å². The van der Waals surface area contributed by atoms with Crippen LogP contribution in [0.25, 0.3) is 5.76 Å². The van der Waals surface area contributed by atoms with E-state index in [4.69, 9.17) is 5.73 Å². The number of fused-ring (bicyclic) bond motifs is 3. The van der Waals surface area contributed by atoms with Crippen molar-refractivity contribution in [1.29, 1.82) is 0 Å². The molecule has 0 saturated heterocycles. The fraction of sp³-hybridized carbons (Fsp3) is 0.481. The third kappa shape index (κ3) is 4.85. The van der Waals surface area contributed by atoms with Crippen molar-refractivity contribution >= 4 is 47.2 Å². The Labute approximate surface area is 237 Å². The number of primary amides is 1. The quantitative estimate of drug-likeness (QED) is 0.131. The Morgan fingerprint density at radius 1 is 1.18 bits per heavy atom. The number of halogens is 1. The molecular weight excluding hydrogens is 544 g/mol. The van der Waals surface area contributed by atoms with Crippen molar-refractivity contribution in [3.8, 4) is 5.75 Å². The van der Waals surface area contributed by atoms with Crippen LogP contribution in [0.3, 0.4) is 0 Å². The number of unbranched alkanes of at least 4 members (excludes halogenated alkanes) is 1. The summed E-state index contributed by atoms with van der Waals surface area (Å²) >= 11 is 0. The Morgan fingerprint density at radius 2 is 1.85 bits per heavy atom. The minimum absolute atomic E-state index is 0. The van der Waals surface area contributed by atoms with E-state index in [-0.39, 0.29) is 48.6 Å². The molecule has 3 aliphatic carbocycles. The van der Waals surface area contributed by atoms with E-state index in [1.165, 1.54) is 11.0 Å². The number of phenols is 1. The number of nitrogens with one attached hydrogen (secondary N) is 2. The Bertz CT molecular complexity index is 1320. The Morgan fingerprint density at radius 3 is 2.45 bits per heavy atom. The predicted octanol–water partition coefficient (Wildman–Crippen LogP) is 0.714. The first-order chi connectivity index (χ1) is 18.4. The molecule has 13 heteroatoms. The first-order valence-electron chi connectivity index (χ1n) is 12.9. The maximum absolute atomic E-state index is 13.8. The van der Waals surface area contributed by atoms with Crippen molar-refractivity contribution in [3.05, 3.63) is 40.2 Å². The van der Waals surface area contributed by atoms with E-state index >= 15 is 0 Å². The molecule has 0 aliphatic heterocycles. The Hall–Kier alpha value is -3.45. The number of aliphatic hydroxyl groups is 3. The number of likely N-dealkylation sites (N-methyl/N-ethyl adjacent to an activating group) is 1. The average Bonchev–Trinajstić information content (AvgIpc) is 2.85. The van der Waals surface area contributed by atoms with Crippen molar-refractivity contribution in [1.82, 2.24) is 10.2 Å². The van der Waals surface area contributed by atoms with Crippen molar-refractivity contribution in [2.75, 3.05) is 32.5 Å². The highest BCUT2D eigenvalue weighted by Crippen LogP contribution is 2.53. The van der Waals surface area contributed by atoms with Gasteiger partial charge in [0.05, 0.1) is 23.8 Å². The van der Waals surface area contributed by atoms with Crippen LogP contribution in [0.15, 0.2) is 29.0 Å². The highest BCUT2D eigenvalue weighted by molar-refractivity contribution is 6.24. The molecule has 4 atom stereocenters. The second-order valence-corrected chi connectivity index (χ2v) is 10.5. The van der Waals surface area contributed by atoms with Crippen molar-refractivity contribution in [2.24, 2.45) is 17.6 Å². The van der Waals surface area contributed by atoms with E-state index in [1.807, 2.05) is 6.92 Å². The molecule has 3 unspecified atom stereocenters. The van der Waals surface area contributed by atoms with Crippen molar-refractivity contribution in [2.45, 2.75) is 44.2 Å². The molecule has 1 saturated carbocycles. The molecule has 12 nitrogen and oxygen atoms in total. The van der Waals surface area contributed by atoms with Gasteiger partial charge in [0, 0.05) is 11.5 Å². The fourth-order valence-corrected chi connectivity index (χ4v) is 6.02. The standard InChI is InChI=1S/C27H34N4O8.ClH/c1-4-5-8-29-11-16(32)30-15-7-6-12-9-13-10-14-20(31(2)3)23(35)19(26(28)38)25(37)27(14,39)24(36)18(13)22(34)17(12)21(15)33;/h6-7,13-14,20,29,33-34,37,39H,4-5,8-11H2,1-3H3,(H2,28,38)(H,30,32);1H/t13?,14?,20-,27?;/m0./s1. The van der Waals surface area contributed by atoms with Gasteiger partial charge in [0.15, 0.2) is 11.4 Å². The highest BCUT2D eigenvalue weighted by atomic mass is 35.5. The number of benzene rings is 1. The molecule has 0 heterocycles. The molecule has 1 aromatic carbocycles. The number of amides is 2. The maximum atomic E-state index is 13.8. The Kier molecular flexibility index (Phi) is 8.99. The molecule has 1 fully saturated rings. The average molecular weight is 579 g/mol. The summed E-state index contributed by atoms with van der Waals surface area (Å²) in [5.41, 5.74) is 1.96. The second kappa shape index (κ2) is 11.6. The third-order valence-electron chi connectivity index (χ3n) is 7.86. The van der Waals surface area contributed by atoms with Crippen LogP contribution in [-0.4, -0.2) is 87.5 Å². The molecule has 2 amide bonds. The number of hydrogen-bond donors (Lipinski definition) is 7. The van der Waals surface area contributed by atoms with Crippen LogP contribution in [0.4, 0.5) is 5.69 Å². The number of aromatic hydroxyl groups is 1. The van der Waals surface area contributed by atoms with Crippen LogP contribution in [0, 0.1) is 11.8 Å². The molecule has 0 aromatic heterocycles. The zero-order valence-corrected chi connectivity index (χ0v) is 23.3. The number of anilines is 1. The lowest BCUT2D eigenvalue weighted by molar-refractivity contribution is -0.153. The summed E-state index contributed by atoms with van der Waals surface area (Å²) < 4.78 is 0. The maximum Gasteiger partial charge on any atom is 0.255 e. The van der Waals surface area contributed by atoms with Crippen molar-refractivity contribution in [3.63, 3.8) is 0 Å². The van der Waals surface area contributed by atoms with Crippen LogP contribution in [0.5, 0.6) is 5.75 Å². The number of nitrogens with two attached hydrogens (primary N) is 1. The number of rotatable bonds is 8. The molecule has 3 aliphatic rings. The summed E-state index contributed by atoms with van der Waals surface area (Å²) in [7, 11) is 3.08. The molecule has 4 rings (SSSR count). The normalized spacial score (nSPS) is 25.7. The zero-order valence-electron chi connectivity index (χ0n) is 22.5. The number of nitrogens with zero attached hydrogens (tertiary/aromatic N) is 1. The number of carbonyl (C=O) groups is 4. The minimum Gasteiger partial charge on any atom is -0.508 e. The number of hydrogen-bond acceptors (Lipinski definition) is 10. The van der Waals surface area contributed by atoms with Crippen LogP contribution in [-0.2, 0) is 25.6 Å². The molecule has 218 valence electrons. The zero-order chi connectivity index (χ0) is 28.8. The van der Waals surface area contributed by atoms with Crippen LogP contribution in [0.1, 0.15) is 37.3 Å². The third-order valence-corrected chi connectivity index (χ3v) is 7.86. The van der Waals surface area contributed by atoms with Gasteiger partial charge >= 0.3 is 0 Å².